The van der Waals surface area contributed by atoms with E-state index in [1.54, 1.807) is 13.1 Å². The van der Waals surface area contributed by atoms with Crippen molar-refractivity contribution < 1.29 is 14.3 Å². The molecule has 1 amide bonds. The summed E-state index contributed by atoms with van der Waals surface area (Å²) >= 11 is 5.30. The molecule has 0 saturated carbocycles. The van der Waals surface area contributed by atoms with Gasteiger partial charge in [0.25, 0.3) is 5.91 Å². The summed E-state index contributed by atoms with van der Waals surface area (Å²) in [5.74, 6) is -0.686. The number of ether oxygens (including phenoxy) is 1. The van der Waals surface area contributed by atoms with Crippen LogP contribution in [0.5, 0.6) is 0 Å². The van der Waals surface area contributed by atoms with Crippen molar-refractivity contribution in [2.45, 2.75) is 13.5 Å². The van der Waals surface area contributed by atoms with Crippen LogP contribution < -0.4 is 0 Å². The Morgan fingerprint density at radius 2 is 2.04 bits per heavy atom. The fourth-order valence-corrected chi connectivity index (χ4v) is 3.19. The Bertz CT molecular complexity index is 900. The second kappa shape index (κ2) is 6.68. The Morgan fingerprint density at radius 1 is 1.32 bits per heavy atom. The van der Waals surface area contributed by atoms with E-state index in [4.69, 9.17) is 17.0 Å². The topological polar surface area (TPSA) is 54.8 Å². The molecule has 130 valence electrons. The first-order chi connectivity index (χ1) is 12.0. The number of amides is 1. The minimum atomic E-state index is -0.452. The number of methoxy groups -OCH3 is 1. The quantitative estimate of drug-likeness (QED) is 0.477. The number of aryl methyl sites for hydroxylation is 1. The SMILES string of the molecule is CCn1cc(/C=C2/C(=O)N(C)C(=S)N2CC(=O)OC)c2ccccc21. The molecule has 0 spiro atoms. The Hall–Kier alpha value is -2.67. The monoisotopic (exact) mass is 357 g/mol. The summed E-state index contributed by atoms with van der Waals surface area (Å²) in [6, 6.07) is 8.00. The third-order valence-electron chi connectivity index (χ3n) is 4.30. The second-order valence-corrected chi connectivity index (χ2v) is 6.09. The van der Waals surface area contributed by atoms with Crippen LogP contribution in [0, 0.1) is 0 Å². The Kier molecular flexibility index (Phi) is 4.59. The van der Waals surface area contributed by atoms with Crippen LogP contribution in [0.3, 0.4) is 0 Å². The van der Waals surface area contributed by atoms with Gasteiger partial charge in [0.2, 0.25) is 0 Å². The molecule has 2 heterocycles. The summed E-state index contributed by atoms with van der Waals surface area (Å²) < 4.78 is 6.84. The highest BCUT2D eigenvalue weighted by molar-refractivity contribution is 7.80. The number of rotatable bonds is 4. The normalized spacial score (nSPS) is 16.4. The maximum atomic E-state index is 12.6. The predicted octanol–water partition coefficient (Wildman–Crippen LogP) is 2.23. The van der Waals surface area contributed by atoms with Gasteiger partial charge >= 0.3 is 5.97 Å². The molecule has 6 nitrogen and oxygen atoms in total. The lowest BCUT2D eigenvalue weighted by molar-refractivity contribution is -0.140. The molecule has 2 aromatic rings. The average molecular weight is 357 g/mol. The number of carbonyl (C=O) groups excluding carboxylic acids is 2. The zero-order chi connectivity index (χ0) is 18.1. The standard InChI is InChI=1S/C18H19N3O3S/c1-4-20-10-12(13-7-5-6-8-14(13)20)9-15-17(23)19(2)18(25)21(15)11-16(22)24-3/h5-10H,4,11H2,1-3H3/b15-9-. The van der Waals surface area contributed by atoms with Gasteiger partial charge in [-0.2, -0.15) is 0 Å². The fourth-order valence-electron chi connectivity index (χ4n) is 2.94. The van der Waals surface area contributed by atoms with Crippen molar-refractivity contribution >= 4 is 46.2 Å². The number of esters is 1. The summed E-state index contributed by atoms with van der Waals surface area (Å²) in [7, 11) is 2.91. The van der Waals surface area contributed by atoms with Crippen molar-refractivity contribution in [3.05, 3.63) is 41.7 Å². The second-order valence-electron chi connectivity index (χ2n) is 5.73. The first kappa shape index (κ1) is 17.2. The molecular weight excluding hydrogens is 338 g/mol. The Labute approximate surface area is 151 Å². The first-order valence-electron chi connectivity index (χ1n) is 7.93. The van der Waals surface area contributed by atoms with E-state index in [0.717, 1.165) is 23.0 Å². The summed E-state index contributed by atoms with van der Waals surface area (Å²) in [5, 5.41) is 1.34. The maximum absolute atomic E-state index is 12.6. The van der Waals surface area contributed by atoms with Gasteiger partial charge in [-0.15, -0.1) is 0 Å². The lowest BCUT2D eigenvalue weighted by Crippen LogP contribution is -2.33. The van der Waals surface area contributed by atoms with E-state index in [1.807, 2.05) is 30.5 Å². The van der Waals surface area contributed by atoms with E-state index >= 15 is 0 Å². The van der Waals surface area contributed by atoms with E-state index in [-0.39, 0.29) is 12.5 Å². The predicted molar refractivity (Wildman–Crippen MR) is 99.7 cm³/mol. The number of hydrogen-bond donors (Lipinski definition) is 0. The minimum Gasteiger partial charge on any atom is -0.468 e. The van der Waals surface area contributed by atoms with Crippen LogP contribution in [0.1, 0.15) is 12.5 Å². The van der Waals surface area contributed by atoms with Gasteiger partial charge in [0.05, 0.1) is 7.11 Å². The van der Waals surface area contributed by atoms with Gasteiger partial charge in [0.15, 0.2) is 5.11 Å². The molecule has 1 fully saturated rings. The van der Waals surface area contributed by atoms with Crippen LogP contribution >= 0.6 is 12.2 Å². The van der Waals surface area contributed by atoms with Gasteiger partial charge in [0.1, 0.15) is 12.2 Å². The van der Waals surface area contributed by atoms with Gasteiger partial charge in [-0.3, -0.25) is 14.5 Å². The molecule has 0 atom stereocenters. The summed E-state index contributed by atoms with van der Waals surface area (Å²) in [4.78, 5) is 27.2. The van der Waals surface area contributed by atoms with Crippen molar-refractivity contribution in [2.75, 3.05) is 20.7 Å². The zero-order valence-electron chi connectivity index (χ0n) is 14.4. The minimum absolute atomic E-state index is 0.0936. The Morgan fingerprint density at radius 3 is 2.72 bits per heavy atom. The highest BCUT2D eigenvalue weighted by Crippen LogP contribution is 2.27. The number of nitrogens with zero attached hydrogens (tertiary/aromatic N) is 3. The van der Waals surface area contributed by atoms with Gasteiger partial charge in [0, 0.05) is 36.3 Å². The highest BCUT2D eigenvalue weighted by atomic mass is 32.1. The largest absolute Gasteiger partial charge is 0.468 e. The van der Waals surface area contributed by atoms with E-state index < -0.39 is 5.97 Å². The van der Waals surface area contributed by atoms with Gasteiger partial charge < -0.3 is 14.2 Å². The third kappa shape index (κ3) is 2.91. The van der Waals surface area contributed by atoms with Gasteiger partial charge in [-0.25, -0.2) is 0 Å². The van der Waals surface area contributed by atoms with Gasteiger partial charge in [-0.05, 0) is 31.3 Å². The number of aromatic nitrogens is 1. The molecule has 0 bridgehead atoms. The van der Waals surface area contributed by atoms with Crippen LogP contribution in [-0.4, -0.2) is 52.1 Å². The van der Waals surface area contributed by atoms with Crippen molar-refractivity contribution in [3.63, 3.8) is 0 Å². The summed E-state index contributed by atoms with van der Waals surface area (Å²) in [5.41, 5.74) is 2.38. The summed E-state index contributed by atoms with van der Waals surface area (Å²) in [6.07, 6.45) is 3.79. The lowest BCUT2D eigenvalue weighted by Gasteiger charge is -2.16. The van der Waals surface area contributed by atoms with Crippen molar-refractivity contribution in [1.82, 2.24) is 14.4 Å². The van der Waals surface area contributed by atoms with E-state index in [9.17, 15) is 9.59 Å². The maximum Gasteiger partial charge on any atom is 0.325 e. The molecule has 7 heteroatoms. The molecule has 25 heavy (non-hydrogen) atoms. The first-order valence-corrected chi connectivity index (χ1v) is 8.34. The smallest absolute Gasteiger partial charge is 0.325 e. The number of fused-ring (bicyclic) bond motifs is 1. The van der Waals surface area contributed by atoms with Crippen molar-refractivity contribution in [1.29, 1.82) is 0 Å². The van der Waals surface area contributed by atoms with Crippen LogP contribution in [0.4, 0.5) is 0 Å². The zero-order valence-corrected chi connectivity index (χ0v) is 15.2. The molecule has 0 aliphatic carbocycles. The number of hydrogen-bond acceptors (Lipinski definition) is 4. The van der Waals surface area contributed by atoms with Crippen LogP contribution in [-0.2, 0) is 20.9 Å². The van der Waals surface area contributed by atoms with Gasteiger partial charge in [-0.1, -0.05) is 18.2 Å². The molecule has 1 aromatic carbocycles. The van der Waals surface area contributed by atoms with Crippen molar-refractivity contribution in [3.8, 4) is 0 Å². The number of para-hydroxylation sites is 1. The molecule has 0 unspecified atom stereocenters. The molecule has 0 radical (unpaired) electrons. The molecule has 0 N–H and O–H groups in total. The lowest BCUT2D eigenvalue weighted by atomic mass is 10.1. The number of likely N-dealkylation sites (N-methyl/N-ethyl adjacent to an activating group) is 1. The highest BCUT2D eigenvalue weighted by Gasteiger charge is 2.36. The molecule has 1 aliphatic heterocycles. The average Bonchev–Trinajstić information content (AvgIpc) is 3.08. The van der Waals surface area contributed by atoms with Crippen LogP contribution in [0.15, 0.2) is 36.2 Å². The molecule has 1 saturated heterocycles. The van der Waals surface area contributed by atoms with Crippen LogP contribution in [0.2, 0.25) is 0 Å². The molecular formula is C18H19N3O3S. The summed E-state index contributed by atoms with van der Waals surface area (Å²) in [6.45, 7) is 2.79. The number of carbonyl (C=O) groups is 2. The van der Waals surface area contributed by atoms with E-state index in [1.165, 1.54) is 16.9 Å². The number of thiocarbonyl (C=S) groups is 1. The van der Waals surface area contributed by atoms with E-state index in [2.05, 4.69) is 11.5 Å². The van der Waals surface area contributed by atoms with Crippen LogP contribution in [0.25, 0.3) is 17.0 Å². The third-order valence-corrected chi connectivity index (χ3v) is 4.79. The van der Waals surface area contributed by atoms with E-state index in [0.29, 0.717) is 10.8 Å². The Balaban J connectivity index is 2.10. The fraction of sp³-hybridized carbons (Fsp3) is 0.278. The number of benzene rings is 1. The molecule has 3 rings (SSSR count). The molecule has 1 aliphatic rings. The van der Waals surface area contributed by atoms with Crippen molar-refractivity contribution in [2.24, 2.45) is 0 Å². The molecule has 1 aromatic heterocycles.